The smallest absolute Gasteiger partial charge is 0.228 e. The average Bonchev–Trinajstić information content (AvgIpc) is 3.16. The molecule has 9 heteroatoms. The first-order chi connectivity index (χ1) is 11.6. The number of hydrogen-bond acceptors (Lipinski definition) is 6. The third-order valence-corrected chi connectivity index (χ3v) is 4.10. The van der Waals surface area contributed by atoms with Crippen molar-refractivity contribution in [2.24, 2.45) is 4.99 Å². The number of thiazole rings is 1. The van der Waals surface area contributed by atoms with E-state index in [1.807, 2.05) is 27.7 Å². The van der Waals surface area contributed by atoms with Gasteiger partial charge in [-0.25, -0.2) is 4.98 Å². The van der Waals surface area contributed by atoms with E-state index < -0.39 is 0 Å². The van der Waals surface area contributed by atoms with Crippen LogP contribution in [0.1, 0.15) is 49.1 Å². The summed E-state index contributed by atoms with van der Waals surface area (Å²) in [7, 11) is 0. The van der Waals surface area contributed by atoms with Crippen molar-refractivity contribution < 1.29 is 4.52 Å². The van der Waals surface area contributed by atoms with E-state index in [0.717, 1.165) is 42.0 Å². The summed E-state index contributed by atoms with van der Waals surface area (Å²) in [6, 6.07) is 0. The molecule has 0 bridgehead atoms. The molecule has 0 aromatic carbocycles. The number of aryl methyl sites for hydroxylation is 1. The Morgan fingerprint density at radius 3 is 2.68 bits per heavy atom. The number of guanidine groups is 1. The molecule has 0 fully saturated rings. The third-order valence-electron chi connectivity index (χ3n) is 3.28. The maximum absolute atomic E-state index is 5.23. The molecule has 2 rings (SSSR count). The topological polar surface area (TPSA) is 88.2 Å². The first kappa shape index (κ1) is 21.8. The van der Waals surface area contributed by atoms with E-state index >= 15 is 0 Å². The lowest BCUT2D eigenvalue weighted by Gasteiger charge is -2.10. The van der Waals surface area contributed by atoms with E-state index in [1.165, 1.54) is 0 Å². The summed E-state index contributed by atoms with van der Waals surface area (Å²) in [5.74, 6) is 2.46. The molecule has 0 aliphatic heterocycles. The second-order valence-corrected chi connectivity index (χ2v) is 6.81. The zero-order chi connectivity index (χ0) is 17.4. The van der Waals surface area contributed by atoms with E-state index in [4.69, 9.17) is 4.52 Å². The summed E-state index contributed by atoms with van der Waals surface area (Å²) < 4.78 is 5.23. The summed E-state index contributed by atoms with van der Waals surface area (Å²) in [6.07, 6.45) is 1.53. The fourth-order valence-corrected chi connectivity index (χ4v) is 2.69. The van der Waals surface area contributed by atoms with Crippen LogP contribution in [0, 0.1) is 6.92 Å². The number of nitrogens with one attached hydrogen (secondary N) is 2. The Bertz CT molecular complexity index is 655. The van der Waals surface area contributed by atoms with Crippen LogP contribution in [-0.4, -0.2) is 40.7 Å². The first-order valence-corrected chi connectivity index (χ1v) is 9.22. The van der Waals surface area contributed by atoms with Gasteiger partial charge in [-0.05, 0) is 13.8 Å². The largest absolute Gasteiger partial charge is 0.357 e. The number of aromatic nitrogens is 3. The molecule has 0 radical (unpaired) electrons. The third kappa shape index (κ3) is 7.68. The Kier molecular flexibility index (Phi) is 9.94. The van der Waals surface area contributed by atoms with Gasteiger partial charge in [0.05, 0.1) is 17.2 Å². The lowest BCUT2D eigenvalue weighted by Crippen LogP contribution is -2.38. The molecule has 7 nitrogen and oxygen atoms in total. The molecule has 2 aromatic rings. The highest BCUT2D eigenvalue weighted by Gasteiger charge is 2.09. The molecule has 0 amide bonds. The van der Waals surface area contributed by atoms with Gasteiger partial charge < -0.3 is 15.2 Å². The zero-order valence-corrected chi connectivity index (χ0v) is 18.4. The van der Waals surface area contributed by atoms with Gasteiger partial charge in [-0.1, -0.05) is 19.0 Å². The van der Waals surface area contributed by atoms with Gasteiger partial charge in [0.2, 0.25) is 5.89 Å². The summed E-state index contributed by atoms with van der Waals surface area (Å²) in [6.45, 7) is 10.4. The van der Waals surface area contributed by atoms with Gasteiger partial charge in [0.15, 0.2) is 11.8 Å². The van der Waals surface area contributed by atoms with E-state index in [1.54, 1.807) is 11.3 Å². The molecular formula is C16H27IN6OS. The van der Waals surface area contributed by atoms with Crippen molar-refractivity contribution in [2.45, 2.75) is 46.5 Å². The first-order valence-electron chi connectivity index (χ1n) is 8.34. The predicted octanol–water partition coefficient (Wildman–Crippen LogP) is 2.92. The number of nitrogens with zero attached hydrogens (tertiary/aromatic N) is 4. The highest BCUT2D eigenvalue weighted by Crippen LogP contribution is 2.10. The maximum Gasteiger partial charge on any atom is 0.228 e. The lowest BCUT2D eigenvalue weighted by atomic mass is 10.2. The van der Waals surface area contributed by atoms with Crippen molar-refractivity contribution in [3.63, 3.8) is 0 Å². The molecule has 0 aliphatic carbocycles. The summed E-state index contributed by atoms with van der Waals surface area (Å²) in [4.78, 5) is 13.4. The second-order valence-electron chi connectivity index (χ2n) is 5.75. The Morgan fingerprint density at radius 2 is 2.08 bits per heavy atom. The summed E-state index contributed by atoms with van der Waals surface area (Å²) >= 11 is 1.68. The van der Waals surface area contributed by atoms with Gasteiger partial charge in [0.25, 0.3) is 0 Å². The van der Waals surface area contributed by atoms with Crippen LogP contribution in [-0.2, 0) is 12.8 Å². The van der Waals surface area contributed by atoms with Gasteiger partial charge >= 0.3 is 0 Å². The molecule has 25 heavy (non-hydrogen) atoms. The Labute approximate surface area is 170 Å². The molecule has 0 aliphatic rings. The van der Waals surface area contributed by atoms with Gasteiger partial charge in [-0.2, -0.15) is 4.98 Å². The van der Waals surface area contributed by atoms with Gasteiger partial charge in [-0.3, -0.25) is 4.99 Å². The molecule has 0 atom stereocenters. The van der Waals surface area contributed by atoms with E-state index in [-0.39, 0.29) is 29.9 Å². The highest BCUT2D eigenvalue weighted by atomic mass is 127. The molecule has 0 saturated heterocycles. The van der Waals surface area contributed by atoms with Crippen LogP contribution in [0.5, 0.6) is 0 Å². The standard InChI is InChI=1S/C16H26N6OS.HI/c1-5-17-16(18-8-6-13-10-24-12(4)20-13)19-9-7-14-21-15(11(2)3)22-23-14;/h10-11H,5-9H2,1-4H3,(H2,17,18,19);1H. The van der Waals surface area contributed by atoms with Crippen molar-refractivity contribution >= 4 is 41.3 Å². The van der Waals surface area contributed by atoms with Crippen LogP contribution in [0.25, 0.3) is 0 Å². The molecule has 0 unspecified atom stereocenters. The van der Waals surface area contributed by atoms with Crippen molar-refractivity contribution in [1.82, 2.24) is 25.8 Å². The van der Waals surface area contributed by atoms with Gasteiger partial charge in [0.1, 0.15) is 0 Å². The van der Waals surface area contributed by atoms with Crippen LogP contribution in [0.3, 0.4) is 0 Å². The van der Waals surface area contributed by atoms with Crippen LogP contribution >= 0.6 is 35.3 Å². The minimum Gasteiger partial charge on any atom is -0.357 e. The van der Waals surface area contributed by atoms with Crippen molar-refractivity contribution in [3.05, 3.63) is 27.8 Å². The molecule has 0 spiro atoms. The Morgan fingerprint density at radius 1 is 1.28 bits per heavy atom. The molecule has 2 aromatic heterocycles. The minimum atomic E-state index is 0. The van der Waals surface area contributed by atoms with Crippen LogP contribution in [0.4, 0.5) is 0 Å². The number of hydrogen-bond donors (Lipinski definition) is 2. The van der Waals surface area contributed by atoms with E-state index in [2.05, 4.69) is 36.1 Å². The molecule has 2 N–H and O–H groups in total. The Balaban J connectivity index is 0.00000312. The summed E-state index contributed by atoms with van der Waals surface area (Å²) in [5.41, 5.74) is 1.12. The van der Waals surface area contributed by atoms with Gasteiger partial charge in [-0.15, -0.1) is 35.3 Å². The number of halogens is 1. The highest BCUT2D eigenvalue weighted by molar-refractivity contribution is 14.0. The number of aliphatic imine (C=N–C) groups is 1. The molecule has 2 heterocycles. The van der Waals surface area contributed by atoms with E-state index in [9.17, 15) is 0 Å². The maximum atomic E-state index is 5.23. The van der Waals surface area contributed by atoms with Crippen LogP contribution < -0.4 is 10.6 Å². The van der Waals surface area contributed by atoms with Crippen molar-refractivity contribution in [1.29, 1.82) is 0 Å². The average molecular weight is 478 g/mol. The number of rotatable bonds is 8. The van der Waals surface area contributed by atoms with Crippen LogP contribution in [0.2, 0.25) is 0 Å². The molecular weight excluding hydrogens is 451 g/mol. The predicted molar refractivity (Wildman–Crippen MR) is 112 cm³/mol. The van der Waals surface area contributed by atoms with E-state index in [0.29, 0.717) is 18.9 Å². The molecule has 0 saturated carbocycles. The molecule has 140 valence electrons. The van der Waals surface area contributed by atoms with Crippen molar-refractivity contribution in [2.75, 3.05) is 19.6 Å². The normalized spacial score (nSPS) is 11.5. The second kappa shape index (κ2) is 11.4. The SMILES string of the molecule is CCNC(=NCCc1nc(C(C)C)no1)NCCc1csc(C)n1.I. The monoisotopic (exact) mass is 478 g/mol. The van der Waals surface area contributed by atoms with Crippen molar-refractivity contribution in [3.8, 4) is 0 Å². The fraction of sp³-hybridized carbons (Fsp3) is 0.625. The lowest BCUT2D eigenvalue weighted by molar-refractivity contribution is 0.372. The zero-order valence-electron chi connectivity index (χ0n) is 15.2. The quantitative estimate of drug-likeness (QED) is 0.345. The van der Waals surface area contributed by atoms with Crippen LogP contribution in [0.15, 0.2) is 14.9 Å². The summed E-state index contributed by atoms with van der Waals surface area (Å²) in [5, 5.41) is 13.7. The van der Waals surface area contributed by atoms with Gasteiger partial charge in [0, 0.05) is 37.2 Å². The minimum absolute atomic E-state index is 0. The fourth-order valence-electron chi connectivity index (χ4n) is 2.04. The Hall–Kier alpha value is -1.23.